The molecule has 120 valence electrons. The molecule has 0 atom stereocenters. The van der Waals surface area contributed by atoms with E-state index in [1.807, 2.05) is 18.2 Å². The van der Waals surface area contributed by atoms with Crippen molar-refractivity contribution < 1.29 is 9.21 Å². The average Bonchev–Trinajstić information content (AvgIpc) is 3.14. The lowest BCUT2D eigenvalue weighted by Gasteiger charge is -2.09. The predicted octanol–water partition coefficient (Wildman–Crippen LogP) is 3.60. The van der Waals surface area contributed by atoms with E-state index in [2.05, 4.69) is 36.0 Å². The zero-order valence-corrected chi connectivity index (χ0v) is 13.4. The number of nitrogens with two attached hydrogens (primary N) is 1. The number of rotatable bonds is 5. The van der Waals surface area contributed by atoms with Crippen LogP contribution < -0.4 is 11.1 Å². The topological polar surface area (TPSA) is 73.2 Å². The first kappa shape index (κ1) is 15.4. The Morgan fingerprint density at radius 2 is 2.13 bits per heavy atom. The van der Waals surface area contributed by atoms with Gasteiger partial charge >= 0.3 is 0 Å². The number of anilines is 1. The highest BCUT2D eigenvalue weighted by Gasteiger charge is 2.11. The second-order valence-electron chi connectivity index (χ2n) is 6.10. The maximum Gasteiger partial charge on any atom is 0.258 e. The summed E-state index contributed by atoms with van der Waals surface area (Å²) >= 11 is 0. The molecule has 0 aliphatic heterocycles. The third-order valence-electron chi connectivity index (χ3n) is 3.71. The zero-order chi connectivity index (χ0) is 16.4. The summed E-state index contributed by atoms with van der Waals surface area (Å²) in [6, 6.07) is 9.66. The van der Waals surface area contributed by atoms with E-state index in [0.29, 0.717) is 17.2 Å². The third kappa shape index (κ3) is 3.29. The van der Waals surface area contributed by atoms with Gasteiger partial charge in [0.05, 0.1) is 12.1 Å². The average molecular weight is 311 g/mol. The molecule has 1 aromatic carbocycles. The number of nitrogens with one attached hydrogen (secondary N) is 1. The SMILES string of the molecule is CC(C)Cn1ccc2cc(NC(=O)c3coc(CN)c3)ccc21. The van der Waals surface area contributed by atoms with Crippen LogP contribution in [0.4, 0.5) is 5.69 Å². The fourth-order valence-electron chi connectivity index (χ4n) is 2.64. The second-order valence-corrected chi connectivity index (χ2v) is 6.10. The lowest BCUT2D eigenvalue weighted by Crippen LogP contribution is -2.11. The second kappa shape index (κ2) is 6.30. The quantitative estimate of drug-likeness (QED) is 0.756. The van der Waals surface area contributed by atoms with Crippen molar-refractivity contribution in [2.75, 3.05) is 5.32 Å². The molecule has 0 aliphatic carbocycles. The Hall–Kier alpha value is -2.53. The van der Waals surface area contributed by atoms with Gasteiger partial charge in [-0.05, 0) is 36.2 Å². The number of furan rings is 1. The number of amides is 1. The standard InChI is InChI=1S/C18H21N3O2/c1-12(2)10-21-6-5-13-7-15(3-4-17(13)21)20-18(22)14-8-16(9-19)23-11-14/h3-8,11-12H,9-10,19H2,1-2H3,(H,20,22). The van der Waals surface area contributed by atoms with E-state index in [1.165, 1.54) is 11.8 Å². The van der Waals surface area contributed by atoms with Gasteiger partial charge in [0.15, 0.2) is 0 Å². The summed E-state index contributed by atoms with van der Waals surface area (Å²) in [5.41, 5.74) is 7.90. The molecule has 0 unspecified atom stereocenters. The van der Waals surface area contributed by atoms with Crippen LogP contribution in [0, 0.1) is 5.92 Å². The predicted molar refractivity (Wildman–Crippen MR) is 91.3 cm³/mol. The van der Waals surface area contributed by atoms with Crippen molar-refractivity contribution in [1.29, 1.82) is 0 Å². The minimum Gasteiger partial charge on any atom is -0.467 e. The highest BCUT2D eigenvalue weighted by molar-refractivity contribution is 6.05. The van der Waals surface area contributed by atoms with Crippen molar-refractivity contribution in [2.24, 2.45) is 11.7 Å². The molecule has 0 spiro atoms. The van der Waals surface area contributed by atoms with Gasteiger partial charge in [0.2, 0.25) is 0 Å². The molecule has 3 rings (SSSR count). The van der Waals surface area contributed by atoms with Gasteiger partial charge in [0.1, 0.15) is 12.0 Å². The van der Waals surface area contributed by atoms with Crippen LogP contribution in [0.5, 0.6) is 0 Å². The largest absolute Gasteiger partial charge is 0.467 e. The van der Waals surface area contributed by atoms with Crippen molar-refractivity contribution in [3.05, 3.63) is 54.1 Å². The molecule has 1 amide bonds. The smallest absolute Gasteiger partial charge is 0.258 e. The number of hydrogen-bond acceptors (Lipinski definition) is 3. The Balaban J connectivity index is 1.79. The molecule has 2 aromatic heterocycles. The van der Waals surface area contributed by atoms with Gasteiger partial charge in [-0.3, -0.25) is 4.79 Å². The van der Waals surface area contributed by atoms with Crippen molar-refractivity contribution in [1.82, 2.24) is 4.57 Å². The monoisotopic (exact) mass is 311 g/mol. The normalized spacial score (nSPS) is 11.3. The molecule has 0 aliphatic rings. The van der Waals surface area contributed by atoms with Crippen molar-refractivity contribution in [3.63, 3.8) is 0 Å². The van der Waals surface area contributed by atoms with Gasteiger partial charge in [-0.15, -0.1) is 0 Å². The van der Waals surface area contributed by atoms with Gasteiger partial charge in [-0.2, -0.15) is 0 Å². The molecule has 3 aromatic rings. The molecule has 5 nitrogen and oxygen atoms in total. The lowest BCUT2D eigenvalue weighted by atomic mass is 10.2. The Bertz CT molecular complexity index is 830. The Morgan fingerprint density at radius 1 is 1.30 bits per heavy atom. The highest BCUT2D eigenvalue weighted by Crippen LogP contribution is 2.22. The first-order chi connectivity index (χ1) is 11.1. The van der Waals surface area contributed by atoms with Gasteiger partial charge in [-0.1, -0.05) is 13.8 Å². The van der Waals surface area contributed by atoms with E-state index in [9.17, 15) is 4.79 Å². The Morgan fingerprint density at radius 3 is 2.83 bits per heavy atom. The minimum absolute atomic E-state index is 0.200. The summed E-state index contributed by atoms with van der Waals surface area (Å²) in [7, 11) is 0. The van der Waals surface area contributed by atoms with E-state index in [0.717, 1.165) is 17.6 Å². The van der Waals surface area contributed by atoms with Crippen LogP contribution in [-0.4, -0.2) is 10.5 Å². The third-order valence-corrected chi connectivity index (χ3v) is 3.71. The van der Waals surface area contributed by atoms with E-state index in [-0.39, 0.29) is 12.5 Å². The summed E-state index contributed by atoms with van der Waals surface area (Å²) in [5, 5.41) is 4.00. The van der Waals surface area contributed by atoms with Crippen molar-refractivity contribution in [2.45, 2.75) is 26.9 Å². The number of fused-ring (bicyclic) bond motifs is 1. The maximum absolute atomic E-state index is 12.2. The summed E-state index contributed by atoms with van der Waals surface area (Å²) in [6.45, 7) is 5.65. The van der Waals surface area contributed by atoms with E-state index >= 15 is 0 Å². The number of carbonyl (C=O) groups excluding carboxylic acids is 1. The van der Waals surface area contributed by atoms with E-state index in [4.69, 9.17) is 10.2 Å². The molecule has 0 bridgehead atoms. The Kier molecular flexibility index (Phi) is 4.21. The molecule has 5 heteroatoms. The molecule has 23 heavy (non-hydrogen) atoms. The van der Waals surface area contributed by atoms with Crippen LogP contribution in [0.25, 0.3) is 10.9 Å². The van der Waals surface area contributed by atoms with Gasteiger partial charge < -0.3 is 20.0 Å². The van der Waals surface area contributed by atoms with Crippen LogP contribution in [0.3, 0.4) is 0 Å². The van der Waals surface area contributed by atoms with Crippen LogP contribution in [0.2, 0.25) is 0 Å². The fraction of sp³-hybridized carbons (Fsp3) is 0.278. The number of carbonyl (C=O) groups is 1. The highest BCUT2D eigenvalue weighted by atomic mass is 16.3. The number of nitrogens with zero attached hydrogens (tertiary/aromatic N) is 1. The van der Waals surface area contributed by atoms with Gasteiger partial charge in [0.25, 0.3) is 5.91 Å². The number of aromatic nitrogens is 1. The van der Waals surface area contributed by atoms with Crippen LogP contribution in [0.15, 0.2) is 47.2 Å². The van der Waals surface area contributed by atoms with Crippen LogP contribution in [0.1, 0.15) is 30.0 Å². The summed E-state index contributed by atoms with van der Waals surface area (Å²) in [5.74, 6) is 0.980. The minimum atomic E-state index is -0.200. The van der Waals surface area contributed by atoms with Crippen LogP contribution >= 0.6 is 0 Å². The number of benzene rings is 1. The van der Waals surface area contributed by atoms with Crippen molar-refractivity contribution >= 4 is 22.5 Å². The van der Waals surface area contributed by atoms with E-state index < -0.39 is 0 Å². The molecule has 0 fully saturated rings. The summed E-state index contributed by atoms with van der Waals surface area (Å²) < 4.78 is 7.43. The van der Waals surface area contributed by atoms with Gasteiger partial charge in [0, 0.05) is 29.3 Å². The van der Waals surface area contributed by atoms with Crippen molar-refractivity contribution in [3.8, 4) is 0 Å². The fourth-order valence-corrected chi connectivity index (χ4v) is 2.64. The van der Waals surface area contributed by atoms with E-state index in [1.54, 1.807) is 6.07 Å². The molecular formula is C18H21N3O2. The lowest BCUT2D eigenvalue weighted by molar-refractivity contribution is 0.102. The first-order valence-electron chi connectivity index (χ1n) is 7.74. The molecule has 0 radical (unpaired) electrons. The Labute approximate surface area is 135 Å². The molecule has 0 saturated heterocycles. The molecule has 3 N–H and O–H groups in total. The van der Waals surface area contributed by atoms with Crippen LogP contribution in [-0.2, 0) is 13.1 Å². The first-order valence-corrected chi connectivity index (χ1v) is 7.74. The summed E-state index contributed by atoms with van der Waals surface area (Å²) in [4.78, 5) is 12.2. The van der Waals surface area contributed by atoms with Gasteiger partial charge in [-0.25, -0.2) is 0 Å². The summed E-state index contributed by atoms with van der Waals surface area (Å²) in [6.07, 6.45) is 3.51. The zero-order valence-electron chi connectivity index (χ0n) is 13.4. The molecular weight excluding hydrogens is 290 g/mol. The molecule has 0 saturated carbocycles. The maximum atomic E-state index is 12.2. The number of hydrogen-bond donors (Lipinski definition) is 2. The molecule has 2 heterocycles.